The van der Waals surface area contributed by atoms with Gasteiger partial charge in [0.25, 0.3) is 0 Å². The Morgan fingerprint density at radius 1 is 1.91 bits per heavy atom. The topological polar surface area (TPSA) is 52.9 Å². The van der Waals surface area contributed by atoms with Crippen molar-refractivity contribution in [2.24, 2.45) is 0 Å². The molecule has 0 aliphatic heterocycles. The number of hydrogen-bond donors (Lipinski definition) is 1. The fraction of sp³-hybridized carbons (Fsp3) is 0.500. The van der Waals surface area contributed by atoms with Gasteiger partial charge in [-0.2, -0.15) is 5.26 Å². The van der Waals surface area contributed by atoms with Crippen molar-refractivity contribution >= 4 is 5.91 Å². The molecule has 0 bridgehead atoms. The monoisotopic (exact) mass is 152 g/mol. The highest BCUT2D eigenvalue weighted by Gasteiger charge is 2.03. The Labute approximate surface area is 66.7 Å². The highest BCUT2D eigenvalue weighted by molar-refractivity contribution is 5.76. The van der Waals surface area contributed by atoms with Crippen LogP contribution in [0.1, 0.15) is 19.8 Å². The number of nitrogens with zero attached hydrogens (tertiary/aromatic N) is 1. The third-order valence-electron chi connectivity index (χ3n) is 1.15. The average Bonchev–Trinajstić information content (AvgIpc) is 2.00. The first-order chi connectivity index (χ1) is 5.20. The molecular weight excluding hydrogens is 140 g/mol. The van der Waals surface area contributed by atoms with Crippen LogP contribution in [0.5, 0.6) is 0 Å². The third-order valence-corrected chi connectivity index (χ3v) is 1.15. The van der Waals surface area contributed by atoms with Crippen LogP contribution < -0.4 is 5.32 Å². The lowest BCUT2D eigenvalue weighted by molar-refractivity contribution is -0.121. The molecule has 0 aliphatic rings. The molecule has 1 N–H and O–H groups in total. The maximum Gasteiger partial charge on any atom is 0.221 e. The summed E-state index contributed by atoms with van der Waals surface area (Å²) in [5.41, 5.74) is 0. The highest BCUT2D eigenvalue weighted by atomic mass is 16.1. The number of nitrogens with one attached hydrogen (secondary N) is 1. The largest absolute Gasteiger partial charge is 0.341 e. The van der Waals surface area contributed by atoms with Gasteiger partial charge in [0, 0.05) is 6.42 Å². The molecule has 1 atom stereocenters. The van der Waals surface area contributed by atoms with E-state index in [0.29, 0.717) is 12.8 Å². The maximum absolute atomic E-state index is 10.9. The van der Waals surface area contributed by atoms with Crippen molar-refractivity contribution in [2.45, 2.75) is 25.8 Å². The molecule has 0 fully saturated rings. The number of hydrogen-bond acceptors (Lipinski definition) is 2. The Bertz CT molecular complexity index is 181. The normalized spacial score (nSPS) is 11.3. The van der Waals surface area contributed by atoms with Gasteiger partial charge in [0.2, 0.25) is 5.91 Å². The Morgan fingerprint density at radius 3 is 3.00 bits per heavy atom. The van der Waals surface area contributed by atoms with Gasteiger partial charge in [0.05, 0.1) is 6.07 Å². The van der Waals surface area contributed by atoms with Crippen LogP contribution in [0, 0.1) is 11.3 Å². The van der Waals surface area contributed by atoms with E-state index in [4.69, 9.17) is 5.26 Å². The van der Waals surface area contributed by atoms with E-state index in [0.717, 1.165) is 0 Å². The minimum absolute atomic E-state index is 0.0982. The van der Waals surface area contributed by atoms with Crippen molar-refractivity contribution in [2.75, 3.05) is 0 Å². The molecule has 0 saturated carbocycles. The van der Waals surface area contributed by atoms with Crippen LogP contribution in [-0.4, -0.2) is 11.9 Å². The van der Waals surface area contributed by atoms with Crippen LogP contribution in [0.25, 0.3) is 0 Å². The predicted molar refractivity (Wildman–Crippen MR) is 42.6 cm³/mol. The van der Waals surface area contributed by atoms with Crippen LogP contribution in [0.3, 0.4) is 0 Å². The van der Waals surface area contributed by atoms with Crippen LogP contribution in [0.2, 0.25) is 0 Å². The molecule has 0 aromatic rings. The van der Waals surface area contributed by atoms with E-state index in [9.17, 15) is 4.79 Å². The quantitative estimate of drug-likeness (QED) is 0.610. The lowest BCUT2D eigenvalue weighted by Gasteiger charge is -2.03. The minimum atomic E-state index is -0.396. The van der Waals surface area contributed by atoms with Crippen molar-refractivity contribution in [1.29, 1.82) is 5.26 Å². The molecule has 3 heteroatoms. The molecular formula is C8H12N2O. The number of carbonyl (C=O) groups is 1. The summed E-state index contributed by atoms with van der Waals surface area (Å²) < 4.78 is 0. The molecule has 0 aromatic carbocycles. The molecule has 0 heterocycles. The molecule has 11 heavy (non-hydrogen) atoms. The van der Waals surface area contributed by atoms with Gasteiger partial charge in [-0.25, -0.2) is 0 Å². The molecule has 0 aromatic heterocycles. The molecule has 60 valence electrons. The third kappa shape index (κ3) is 5.16. The molecule has 0 aliphatic carbocycles. The van der Waals surface area contributed by atoms with E-state index >= 15 is 0 Å². The van der Waals surface area contributed by atoms with Gasteiger partial charge in [0.1, 0.15) is 6.04 Å². The summed E-state index contributed by atoms with van der Waals surface area (Å²) in [5.74, 6) is -0.0982. The minimum Gasteiger partial charge on any atom is -0.341 e. The van der Waals surface area contributed by atoms with Crippen LogP contribution in [0.15, 0.2) is 12.7 Å². The van der Waals surface area contributed by atoms with E-state index in [2.05, 4.69) is 11.9 Å². The number of allylic oxidation sites excluding steroid dienone is 1. The summed E-state index contributed by atoms with van der Waals surface area (Å²) in [6.07, 6.45) is 2.75. The van der Waals surface area contributed by atoms with Gasteiger partial charge in [0.15, 0.2) is 0 Å². The van der Waals surface area contributed by atoms with Gasteiger partial charge >= 0.3 is 0 Å². The summed E-state index contributed by atoms with van der Waals surface area (Å²) in [7, 11) is 0. The number of amides is 1. The van der Waals surface area contributed by atoms with Gasteiger partial charge in [-0.15, -0.1) is 6.58 Å². The smallest absolute Gasteiger partial charge is 0.221 e. The first-order valence-electron chi connectivity index (χ1n) is 3.50. The van der Waals surface area contributed by atoms with Crippen molar-refractivity contribution in [3.05, 3.63) is 12.7 Å². The van der Waals surface area contributed by atoms with Crippen LogP contribution >= 0.6 is 0 Å². The van der Waals surface area contributed by atoms with Crippen molar-refractivity contribution in [1.82, 2.24) is 5.32 Å². The summed E-state index contributed by atoms with van der Waals surface area (Å²) in [4.78, 5) is 10.9. The Balaban J connectivity index is 3.53. The van der Waals surface area contributed by atoms with Crippen LogP contribution in [0.4, 0.5) is 0 Å². The van der Waals surface area contributed by atoms with E-state index in [1.165, 1.54) is 0 Å². The lowest BCUT2D eigenvalue weighted by atomic mass is 10.3. The maximum atomic E-state index is 10.9. The fourth-order valence-electron chi connectivity index (χ4n) is 0.579. The number of carbonyl (C=O) groups excluding carboxylic acids is 1. The molecule has 0 rings (SSSR count). The van der Waals surface area contributed by atoms with E-state index in [1.54, 1.807) is 13.0 Å². The first-order valence-corrected chi connectivity index (χ1v) is 3.50. The lowest BCUT2D eigenvalue weighted by Crippen LogP contribution is -2.30. The standard InChI is InChI=1S/C8H12N2O/c1-3-4-5-8(11)10-7(2)6-9/h3,7H,1,4-5H2,2H3,(H,10,11)/t7-/m1/s1. The predicted octanol–water partition coefficient (Wildman–Crippen LogP) is 0.981. The number of rotatable bonds is 4. The molecule has 0 saturated heterocycles. The first kappa shape index (κ1) is 9.70. The zero-order valence-corrected chi connectivity index (χ0v) is 6.63. The Kier molecular flexibility index (Phi) is 4.83. The Morgan fingerprint density at radius 2 is 2.55 bits per heavy atom. The van der Waals surface area contributed by atoms with Crippen molar-refractivity contribution < 1.29 is 4.79 Å². The summed E-state index contributed by atoms with van der Waals surface area (Å²) in [6, 6.07) is 1.52. The van der Waals surface area contributed by atoms with Crippen molar-refractivity contribution in [3.8, 4) is 6.07 Å². The van der Waals surface area contributed by atoms with E-state index < -0.39 is 6.04 Å². The second-order valence-corrected chi connectivity index (χ2v) is 2.25. The van der Waals surface area contributed by atoms with E-state index in [-0.39, 0.29) is 5.91 Å². The highest BCUT2D eigenvalue weighted by Crippen LogP contribution is 1.89. The second kappa shape index (κ2) is 5.48. The fourth-order valence-corrected chi connectivity index (χ4v) is 0.579. The van der Waals surface area contributed by atoms with Crippen molar-refractivity contribution in [3.63, 3.8) is 0 Å². The average molecular weight is 152 g/mol. The summed E-state index contributed by atoms with van der Waals surface area (Å²) in [5, 5.41) is 10.8. The van der Waals surface area contributed by atoms with Gasteiger partial charge in [-0.3, -0.25) is 4.79 Å². The van der Waals surface area contributed by atoms with Crippen LogP contribution in [-0.2, 0) is 4.79 Å². The molecule has 3 nitrogen and oxygen atoms in total. The molecule has 1 amide bonds. The zero-order valence-electron chi connectivity index (χ0n) is 6.63. The zero-order chi connectivity index (χ0) is 8.69. The van der Waals surface area contributed by atoms with E-state index in [1.807, 2.05) is 6.07 Å². The van der Waals surface area contributed by atoms with Gasteiger partial charge < -0.3 is 5.32 Å². The summed E-state index contributed by atoms with van der Waals surface area (Å²) in [6.45, 7) is 5.13. The SMILES string of the molecule is C=CCCC(=O)N[C@H](C)C#N. The molecule has 0 spiro atoms. The van der Waals surface area contributed by atoms with Gasteiger partial charge in [-0.05, 0) is 13.3 Å². The summed E-state index contributed by atoms with van der Waals surface area (Å²) >= 11 is 0. The number of nitriles is 1. The Hall–Kier alpha value is -1.30. The second-order valence-electron chi connectivity index (χ2n) is 2.25. The molecule has 0 unspecified atom stereocenters. The molecule has 0 radical (unpaired) electrons. The van der Waals surface area contributed by atoms with Gasteiger partial charge in [-0.1, -0.05) is 6.08 Å².